The average Bonchev–Trinajstić information content (AvgIpc) is 2.10. The highest BCUT2D eigenvalue weighted by molar-refractivity contribution is 5.83. The minimum atomic E-state index is -4.62. The lowest BCUT2D eigenvalue weighted by Crippen LogP contribution is -2.46. The molecule has 94 valence electrons. The van der Waals surface area contributed by atoms with Crippen molar-refractivity contribution in [2.45, 2.75) is 26.4 Å². The number of primary amides is 1. The number of methoxy groups -OCH3 is 1. The molecule has 0 aromatic rings. The van der Waals surface area contributed by atoms with Gasteiger partial charge in [-0.15, -0.1) is 0 Å². The van der Waals surface area contributed by atoms with Crippen LogP contribution in [0.1, 0.15) is 20.3 Å². The average molecular weight is 241 g/mol. The molecule has 0 aliphatic heterocycles. The fraction of sp³-hybridized carbons (Fsp3) is 0.778. The Labute approximate surface area is 90.9 Å². The van der Waals surface area contributed by atoms with E-state index in [9.17, 15) is 22.8 Å². The molecular weight excluding hydrogens is 227 g/mol. The number of esters is 1. The van der Waals surface area contributed by atoms with Gasteiger partial charge >= 0.3 is 12.1 Å². The summed E-state index contributed by atoms with van der Waals surface area (Å²) in [5.74, 6) is -3.71. The van der Waals surface area contributed by atoms with E-state index in [1.54, 1.807) is 0 Å². The summed E-state index contributed by atoms with van der Waals surface area (Å²) in [7, 11) is 1.03. The third-order valence-electron chi connectivity index (χ3n) is 2.54. The molecule has 0 radical (unpaired) electrons. The molecule has 1 atom stereocenters. The summed E-state index contributed by atoms with van der Waals surface area (Å²) >= 11 is 0. The topological polar surface area (TPSA) is 69.4 Å². The fourth-order valence-electron chi connectivity index (χ4n) is 1.16. The number of alkyl halides is 3. The van der Waals surface area contributed by atoms with Gasteiger partial charge in [-0.1, -0.05) is 13.8 Å². The number of amides is 1. The van der Waals surface area contributed by atoms with Crippen molar-refractivity contribution in [3.8, 4) is 0 Å². The smallest absolute Gasteiger partial charge is 0.394 e. The first-order chi connectivity index (χ1) is 7.04. The molecular formula is C9H14F3NO3. The second-order valence-electron chi connectivity index (χ2n) is 3.95. The maximum atomic E-state index is 12.6. The highest BCUT2D eigenvalue weighted by atomic mass is 19.4. The molecule has 0 fully saturated rings. The van der Waals surface area contributed by atoms with Gasteiger partial charge in [0, 0.05) is 0 Å². The first-order valence-corrected chi connectivity index (χ1v) is 4.47. The van der Waals surface area contributed by atoms with Crippen molar-refractivity contribution in [1.82, 2.24) is 0 Å². The quantitative estimate of drug-likeness (QED) is 0.753. The minimum Gasteiger partial charge on any atom is -0.469 e. The largest absolute Gasteiger partial charge is 0.469 e. The molecule has 0 spiro atoms. The molecule has 0 aromatic carbocycles. The summed E-state index contributed by atoms with van der Waals surface area (Å²) in [6, 6.07) is 0. The van der Waals surface area contributed by atoms with Gasteiger partial charge in [0.15, 0.2) is 0 Å². The van der Waals surface area contributed by atoms with Gasteiger partial charge in [0.05, 0.1) is 24.9 Å². The zero-order chi connectivity index (χ0) is 13.1. The van der Waals surface area contributed by atoms with Crippen LogP contribution in [-0.2, 0) is 14.3 Å². The lowest BCUT2D eigenvalue weighted by molar-refractivity contribution is -0.229. The molecule has 0 bridgehead atoms. The number of nitrogens with two attached hydrogens (primary N) is 1. The second kappa shape index (κ2) is 4.71. The van der Waals surface area contributed by atoms with Crippen molar-refractivity contribution in [3.63, 3.8) is 0 Å². The van der Waals surface area contributed by atoms with Gasteiger partial charge in [-0.3, -0.25) is 9.59 Å². The summed E-state index contributed by atoms with van der Waals surface area (Å²) in [4.78, 5) is 21.9. The van der Waals surface area contributed by atoms with Gasteiger partial charge in [-0.25, -0.2) is 0 Å². The molecule has 0 aliphatic rings. The lowest BCUT2D eigenvalue weighted by Gasteiger charge is -2.33. The number of carbonyl (C=O) groups excluding carboxylic acids is 2. The number of rotatable bonds is 4. The molecule has 7 heteroatoms. The van der Waals surface area contributed by atoms with Gasteiger partial charge < -0.3 is 10.5 Å². The molecule has 1 amide bonds. The van der Waals surface area contributed by atoms with E-state index >= 15 is 0 Å². The molecule has 4 nitrogen and oxygen atoms in total. The van der Waals surface area contributed by atoms with Gasteiger partial charge in [-0.2, -0.15) is 13.2 Å². The predicted octanol–water partition coefficient (Wildman–Crippen LogP) is 1.24. The Morgan fingerprint density at radius 1 is 1.31 bits per heavy atom. The third kappa shape index (κ3) is 3.11. The fourth-order valence-corrected chi connectivity index (χ4v) is 1.16. The Balaban J connectivity index is 5.07. The number of ether oxygens (including phenoxy) is 1. The van der Waals surface area contributed by atoms with E-state index in [0.29, 0.717) is 0 Å². The van der Waals surface area contributed by atoms with E-state index in [4.69, 9.17) is 5.73 Å². The molecule has 0 heterocycles. The highest BCUT2D eigenvalue weighted by Crippen LogP contribution is 2.44. The van der Waals surface area contributed by atoms with Crippen LogP contribution in [0.25, 0.3) is 0 Å². The molecule has 0 rings (SSSR count). The van der Waals surface area contributed by atoms with Crippen LogP contribution in [0.2, 0.25) is 0 Å². The maximum Gasteiger partial charge on any atom is 0.394 e. The summed E-state index contributed by atoms with van der Waals surface area (Å²) in [5.41, 5.74) is 2.51. The first-order valence-electron chi connectivity index (χ1n) is 4.47. The zero-order valence-corrected chi connectivity index (χ0v) is 9.22. The van der Waals surface area contributed by atoms with Crippen molar-refractivity contribution in [3.05, 3.63) is 0 Å². The van der Waals surface area contributed by atoms with E-state index < -0.39 is 35.8 Å². The van der Waals surface area contributed by atoms with Crippen molar-refractivity contribution in [1.29, 1.82) is 0 Å². The zero-order valence-electron chi connectivity index (χ0n) is 9.22. The van der Waals surface area contributed by atoms with E-state index in [0.717, 1.165) is 21.0 Å². The van der Waals surface area contributed by atoms with Crippen molar-refractivity contribution in [2.75, 3.05) is 7.11 Å². The Morgan fingerprint density at radius 2 is 1.75 bits per heavy atom. The highest BCUT2D eigenvalue weighted by Gasteiger charge is 2.54. The summed E-state index contributed by atoms with van der Waals surface area (Å²) in [6.07, 6.45) is -5.31. The molecule has 2 N–H and O–H groups in total. The van der Waals surface area contributed by atoms with Crippen LogP contribution < -0.4 is 5.73 Å². The van der Waals surface area contributed by atoms with Crippen LogP contribution in [-0.4, -0.2) is 25.2 Å². The van der Waals surface area contributed by atoms with E-state index in [1.165, 1.54) is 0 Å². The SMILES string of the molecule is COC(=O)C[C@H](C(N)=O)C(C)(C)C(F)(F)F. The van der Waals surface area contributed by atoms with Crippen molar-refractivity contribution < 1.29 is 27.5 Å². The molecule has 0 saturated carbocycles. The van der Waals surface area contributed by atoms with Crippen LogP contribution in [0.4, 0.5) is 13.2 Å². The van der Waals surface area contributed by atoms with Crippen LogP contribution in [0, 0.1) is 11.3 Å². The Hall–Kier alpha value is -1.27. The Kier molecular flexibility index (Phi) is 4.34. The molecule has 16 heavy (non-hydrogen) atoms. The van der Waals surface area contributed by atoms with Crippen molar-refractivity contribution >= 4 is 11.9 Å². The number of hydrogen-bond donors (Lipinski definition) is 1. The second-order valence-corrected chi connectivity index (χ2v) is 3.95. The van der Waals surface area contributed by atoms with E-state index in [2.05, 4.69) is 4.74 Å². The molecule has 0 aromatic heterocycles. The monoisotopic (exact) mass is 241 g/mol. The van der Waals surface area contributed by atoms with Crippen LogP contribution >= 0.6 is 0 Å². The summed E-state index contributed by atoms with van der Waals surface area (Å²) in [5, 5.41) is 0. The van der Waals surface area contributed by atoms with Gasteiger partial charge in [0.1, 0.15) is 0 Å². The standard InChI is InChI=1S/C9H14F3NO3/c1-8(2,9(10,11)12)5(7(13)15)4-6(14)16-3/h5H,4H2,1-3H3,(H2,13,15)/t5-/m1/s1. The van der Waals surface area contributed by atoms with Gasteiger partial charge in [-0.05, 0) is 0 Å². The Bertz CT molecular complexity index is 286. The van der Waals surface area contributed by atoms with E-state index in [1.807, 2.05) is 0 Å². The normalized spacial score (nSPS) is 14.4. The number of halogens is 3. The molecule has 0 unspecified atom stereocenters. The molecule has 0 saturated heterocycles. The maximum absolute atomic E-state index is 12.6. The molecule has 0 aliphatic carbocycles. The van der Waals surface area contributed by atoms with Gasteiger partial charge in [0.2, 0.25) is 5.91 Å². The van der Waals surface area contributed by atoms with Crippen LogP contribution in [0.15, 0.2) is 0 Å². The Morgan fingerprint density at radius 3 is 2.00 bits per heavy atom. The predicted molar refractivity (Wildman–Crippen MR) is 49.2 cm³/mol. The minimum absolute atomic E-state index is 0.682. The number of hydrogen-bond acceptors (Lipinski definition) is 3. The lowest BCUT2D eigenvalue weighted by atomic mass is 9.76. The van der Waals surface area contributed by atoms with Crippen LogP contribution in [0.3, 0.4) is 0 Å². The third-order valence-corrected chi connectivity index (χ3v) is 2.54. The van der Waals surface area contributed by atoms with Crippen molar-refractivity contribution in [2.24, 2.45) is 17.1 Å². The van der Waals surface area contributed by atoms with Gasteiger partial charge in [0.25, 0.3) is 0 Å². The van der Waals surface area contributed by atoms with E-state index in [-0.39, 0.29) is 0 Å². The van der Waals surface area contributed by atoms with Crippen LogP contribution in [0.5, 0.6) is 0 Å². The summed E-state index contributed by atoms with van der Waals surface area (Å²) < 4.78 is 42.1. The first kappa shape index (κ1) is 14.7. The number of carbonyl (C=O) groups is 2. The summed E-state index contributed by atoms with van der Waals surface area (Å²) in [6.45, 7) is 1.65.